The number of rotatable bonds is 10. The molecule has 4 rings (SSSR count). The normalized spacial score (nSPS) is 44.3. The van der Waals surface area contributed by atoms with Gasteiger partial charge in [-0.1, -0.05) is 44.9 Å². The lowest BCUT2D eigenvalue weighted by atomic mass is 9.85. The van der Waals surface area contributed by atoms with E-state index < -0.39 is 92.3 Å². The zero-order valence-electron chi connectivity index (χ0n) is 22.9. The average Bonchev–Trinajstić information content (AvgIpc) is 2.95. The maximum absolute atomic E-state index is 11.9. The van der Waals surface area contributed by atoms with Crippen LogP contribution in [0.2, 0.25) is 0 Å². The Kier molecular flexibility index (Phi) is 11.6. The summed E-state index contributed by atoms with van der Waals surface area (Å²) in [4.78, 5) is 11.9. The summed E-state index contributed by atoms with van der Waals surface area (Å²) < 4.78 is 29.1. The van der Waals surface area contributed by atoms with Crippen LogP contribution in [0.1, 0.15) is 71.1 Å². The monoisotopic (exact) mass is 577 g/mol. The zero-order chi connectivity index (χ0) is 29.0. The first kappa shape index (κ1) is 32.0. The SMILES string of the molecule is C[C@@H]1O[C@@H](O[C@@H]2CCCC[C@H]2O[C@@H]2O[C@H](CO)[C@H](O)[C@H](O[C@@H](CC3CCCCC3)C(=O)[O-])[C@H]2O)[C@@H](O)[C@H](O)[C@@H]1O. The van der Waals surface area contributed by atoms with E-state index in [9.17, 15) is 40.5 Å². The molecule has 2 heterocycles. The second kappa shape index (κ2) is 14.5. The molecule has 232 valence electrons. The number of carboxylic acid groups (broad SMARTS) is 1. The highest BCUT2D eigenvalue weighted by atomic mass is 16.7. The van der Waals surface area contributed by atoms with Gasteiger partial charge in [-0.05, 0) is 32.1 Å². The minimum absolute atomic E-state index is 0.131. The number of ether oxygens (including phenoxy) is 5. The van der Waals surface area contributed by atoms with E-state index in [0.717, 1.165) is 44.9 Å². The van der Waals surface area contributed by atoms with Crippen LogP contribution in [0.4, 0.5) is 0 Å². The second-order valence-electron chi connectivity index (χ2n) is 11.7. The molecule has 4 aliphatic rings. The Balaban J connectivity index is 1.43. The smallest absolute Gasteiger partial charge is 0.187 e. The highest BCUT2D eigenvalue weighted by molar-refractivity contribution is 5.70. The van der Waals surface area contributed by atoms with Crippen molar-refractivity contribution in [2.24, 2.45) is 5.92 Å². The van der Waals surface area contributed by atoms with Gasteiger partial charge in [0.15, 0.2) is 12.6 Å². The Morgan fingerprint density at radius 1 is 0.800 bits per heavy atom. The third-order valence-corrected chi connectivity index (χ3v) is 8.75. The molecule has 0 unspecified atom stereocenters. The van der Waals surface area contributed by atoms with Crippen molar-refractivity contribution in [1.29, 1.82) is 0 Å². The van der Waals surface area contributed by atoms with E-state index in [1.54, 1.807) is 6.92 Å². The topological polar surface area (TPSA) is 208 Å². The van der Waals surface area contributed by atoms with Crippen LogP contribution in [0, 0.1) is 5.92 Å². The largest absolute Gasteiger partial charge is 0.547 e. The van der Waals surface area contributed by atoms with Crippen molar-refractivity contribution >= 4 is 5.97 Å². The lowest BCUT2D eigenvalue weighted by molar-refractivity contribution is -0.352. The van der Waals surface area contributed by atoms with Gasteiger partial charge in [0.1, 0.15) is 42.7 Å². The molecular weight excluding hydrogens is 532 g/mol. The Bertz CT molecular complexity index is 794. The van der Waals surface area contributed by atoms with Gasteiger partial charge in [-0.2, -0.15) is 0 Å². The number of aliphatic hydroxyl groups is 6. The second-order valence-corrected chi connectivity index (χ2v) is 11.7. The van der Waals surface area contributed by atoms with Crippen LogP contribution in [0.15, 0.2) is 0 Å². The molecule has 2 aliphatic heterocycles. The number of hydrogen-bond donors (Lipinski definition) is 6. The van der Waals surface area contributed by atoms with Crippen molar-refractivity contribution in [2.75, 3.05) is 6.61 Å². The van der Waals surface area contributed by atoms with Crippen LogP contribution in [0.3, 0.4) is 0 Å². The van der Waals surface area contributed by atoms with E-state index in [4.69, 9.17) is 23.7 Å². The molecule has 13 heteroatoms. The minimum atomic E-state index is -1.60. The Labute approximate surface area is 233 Å². The van der Waals surface area contributed by atoms with Crippen LogP contribution >= 0.6 is 0 Å². The van der Waals surface area contributed by atoms with Crippen LogP contribution in [-0.2, 0) is 28.5 Å². The van der Waals surface area contributed by atoms with Gasteiger partial charge < -0.3 is 64.2 Å². The number of aliphatic carboxylic acids is 1. The predicted octanol–water partition coefficient (Wildman–Crippen LogP) is -1.93. The van der Waals surface area contributed by atoms with E-state index in [1.165, 1.54) is 0 Å². The van der Waals surface area contributed by atoms with Gasteiger partial charge in [-0.3, -0.25) is 0 Å². The summed E-state index contributed by atoms with van der Waals surface area (Å²) in [5.74, 6) is -1.31. The lowest BCUT2D eigenvalue weighted by Gasteiger charge is -2.46. The molecule has 4 fully saturated rings. The van der Waals surface area contributed by atoms with Gasteiger partial charge in [0, 0.05) is 0 Å². The molecule has 0 aromatic rings. The number of carbonyl (C=O) groups is 1. The average molecular weight is 578 g/mol. The summed E-state index contributed by atoms with van der Waals surface area (Å²) in [6.45, 7) is 0.920. The molecule has 13 atom stereocenters. The van der Waals surface area contributed by atoms with Crippen molar-refractivity contribution in [3.05, 3.63) is 0 Å². The van der Waals surface area contributed by atoms with E-state index >= 15 is 0 Å². The molecule has 0 radical (unpaired) electrons. The minimum Gasteiger partial charge on any atom is -0.547 e. The van der Waals surface area contributed by atoms with Crippen molar-refractivity contribution < 1.29 is 64.2 Å². The first-order chi connectivity index (χ1) is 19.1. The molecule has 2 aliphatic carbocycles. The summed E-state index contributed by atoms with van der Waals surface area (Å²) in [5.41, 5.74) is 0. The summed E-state index contributed by atoms with van der Waals surface area (Å²) in [7, 11) is 0. The van der Waals surface area contributed by atoms with Gasteiger partial charge >= 0.3 is 0 Å². The lowest BCUT2D eigenvalue weighted by Crippen LogP contribution is -2.63. The quantitative estimate of drug-likeness (QED) is 0.167. The zero-order valence-corrected chi connectivity index (χ0v) is 22.9. The Morgan fingerprint density at radius 2 is 1.38 bits per heavy atom. The Morgan fingerprint density at radius 3 is 1.95 bits per heavy atom. The molecular formula is C27H45O13-. The number of carboxylic acids is 1. The molecule has 2 saturated carbocycles. The van der Waals surface area contributed by atoms with Crippen LogP contribution in [-0.4, -0.2) is 123 Å². The van der Waals surface area contributed by atoms with Crippen molar-refractivity contribution in [2.45, 2.75) is 151 Å². The first-order valence-electron chi connectivity index (χ1n) is 14.6. The molecule has 0 aromatic heterocycles. The summed E-state index contributed by atoms with van der Waals surface area (Å²) in [6.07, 6.45) is -8.50. The van der Waals surface area contributed by atoms with Gasteiger partial charge in [-0.25, -0.2) is 0 Å². The van der Waals surface area contributed by atoms with E-state index in [2.05, 4.69) is 0 Å². The maximum Gasteiger partial charge on any atom is 0.187 e. The van der Waals surface area contributed by atoms with Crippen LogP contribution < -0.4 is 5.11 Å². The summed E-state index contributed by atoms with van der Waals surface area (Å²) in [6, 6.07) is 0. The fourth-order valence-corrected chi connectivity index (χ4v) is 6.29. The molecule has 0 aromatic carbocycles. The van der Waals surface area contributed by atoms with Crippen LogP contribution in [0.5, 0.6) is 0 Å². The van der Waals surface area contributed by atoms with Crippen LogP contribution in [0.25, 0.3) is 0 Å². The molecule has 6 N–H and O–H groups in total. The summed E-state index contributed by atoms with van der Waals surface area (Å²) >= 11 is 0. The van der Waals surface area contributed by atoms with Gasteiger partial charge in [0.2, 0.25) is 0 Å². The van der Waals surface area contributed by atoms with Crippen molar-refractivity contribution in [3.63, 3.8) is 0 Å². The third kappa shape index (κ3) is 7.51. The van der Waals surface area contributed by atoms with E-state index in [-0.39, 0.29) is 12.3 Å². The highest BCUT2D eigenvalue weighted by Crippen LogP contribution is 2.34. The van der Waals surface area contributed by atoms with Gasteiger partial charge in [0.25, 0.3) is 0 Å². The summed E-state index contributed by atoms with van der Waals surface area (Å²) in [5, 5.41) is 74.2. The Hall–Kier alpha value is -0.970. The third-order valence-electron chi connectivity index (χ3n) is 8.75. The maximum atomic E-state index is 11.9. The van der Waals surface area contributed by atoms with E-state index in [0.29, 0.717) is 12.8 Å². The number of aliphatic hydroxyl groups excluding tert-OH is 6. The predicted molar refractivity (Wildman–Crippen MR) is 133 cm³/mol. The first-order valence-corrected chi connectivity index (χ1v) is 14.6. The van der Waals surface area contributed by atoms with Crippen molar-refractivity contribution in [1.82, 2.24) is 0 Å². The standard InChI is InChI=1S/C27H46O13/c1-13-19(29)21(31)22(32)26(36-13)38-15-9-5-6-10-16(15)39-27-23(33)24(20(30)18(12-28)40-27)37-17(25(34)35)11-14-7-3-2-4-8-14/h13-24,26-33H,2-12H2,1H3,(H,34,35)/p-1/t13-,15+,16+,17-,18+,19+,20-,21+,22-,23+,24-,26-,27+/m0/s1. The molecule has 2 saturated heterocycles. The highest BCUT2D eigenvalue weighted by Gasteiger charge is 2.49. The number of carbonyl (C=O) groups excluding carboxylic acids is 1. The molecule has 0 spiro atoms. The van der Waals surface area contributed by atoms with Gasteiger partial charge in [0.05, 0.1) is 37.0 Å². The van der Waals surface area contributed by atoms with Gasteiger partial charge in [-0.15, -0.1) is 0 Å². The molecule has 40 heavy (non-hydrogen) atoms. The fraction of sp³-hybridized carbons (Fsp3) is 0.963. The van der Waals surface area contributed by atoms with E-state index in [1.807, 2.05) is 0 Å². The molecule has 0 bridgehead atoms. The fourth-order valence-electron chi connectivity index (χ4n) is 6.29. The molecule has 13 nitrogen and oxygen atoms in total. The van der Waals surface area contributed by atoms with Crippen molar-refractivity contribution in [3.8, 4) is 0 Å². The number of hydrogen-bond acceptors (Lipinski definition) is 13. The molecule has 0 amide bonds.